The first kappa shape index (κ1) is 14.7. The van der Waals surface area contributed by atoms with Crippen molar-refractivity contribution in [3.8, 4) is 0 Å². The van der Waals surface area contributed by atoms with Crippen molar-refractivity contribution in [3.05, 3.63) is 12.2 Å². The van der Waals surface area contributed by atoms with Crippen molar-refractivity contribution in [3.63, 3.8) is 0 Å². The van der Waals surface area contributed by atoms with Gasteiger partial charge in [-0.1, -0.05) is 18.3 Å². The van der Waals surface area contributed by atoms with Crippen LogP contribution in [0, 0.1) is 0 Å². The summed E-state index contributed by atoms with van der Waals surface area (Å²) >= 11 is 1.20. The fourth-order valence-corrected chi connectivity index (χ4v) is 1.42. The number of carbonyl (C=O) groups is 3. The fourth-order valence-electron chi connectivity index (χ4n) is 0.848. The van der Waals surface area contributed by atoms with Crippen LogP contribution in [0.1, 0.15) is 19.8 Å². The van der Waals surface area contributed by atoms with E-state index in [1.165, 1.54) is 18.7 Å². The molecule has 0 heterocycles. The number of nitrogens with one attached hydrogen (secondary N) is 1. The first-order chi connectivity index (χ1) is 7.43. The van der Waals surface area contributed by atoms with E-state index in [0.717, 1.165) is 0 Å². The normalized spacial score (nSPS) is 9.56. The second kappa shape index (κ2) is 7.92. The second-order valence-corrected chi connectivity index (χ2v) is 4.40. The van der Waals surface area contributed by atoms with Crippen LogP contribution in [0.2, 0.25) is 0 Å². The van der Waals surface area contributed by atoms with Crippen molar-refractivity contribution < 1.29 is 19.5 Å². The summed E-state index contributed by atoms with van der Waals surface area (Å²) in [5.74, 6) is -0.877. The highest BCUT2D eigenvalue weighted by atomic mass is 32.2. The largest absolute Gasteiger partial charge is 0.478 e. The molecule has 1 amide bonds. The van der Waals surface area contributed by atoms with Crippen molar-refractivity contribution in [2.45, 2.75) is 19.8 Å². The molecule has 0 saturated carbocycles. The van der Waals surface area contributed by atoms with Gasteiger partial charge in [-0.2, -0.15) is 0 Å². The van der Waals surface area contributed by atoms with Gasteiger partial charge in [-0.3, -0.25) is 9.59 Å². The van der Waals surface area contributed by atoms with Gasteiger partial charge in [-0.25, -0.2) is 4.79 Å². The van der Waals surface area contributed by atoms with Crippen molar-refractivity contribution in [2.75, 3.05) is 12.3 Å². The van der Waals surface area contributed by atoms with Gasteiger partial charge in [0, 0.05) is 24.8 Å². The zero-order valence-corrected chi connectivity index (χ0v) is 9.93. The van der Waals surface area contributed by atoms with E-state index in [0.29, 0.717) is 18.7 Å². The highest BCUT2D eigenvalue weighted by molar-refractivity contribution is 8.13. The standard InChI is InChI=1S/C10H15NO4S/c1-7(10(14)15)6-9(13)11-4-3-5-16-8(2)12/h1,3-6H2,2H3,(H,11,13)(H,14,15). The lowest BCUT2D eigenvalue weighted by Crippen LogP contribution is -2.25. The van der Waals surface area contributed by atoms with Crippen molar-refractivity contribution in [2.24, 2.45) is 0 Å². The summed E-state index contributed by atoms with van der Waals surface area (Å²) in [6.45, 7) is 5.18. The van der Waals surface area contributed by atoms with E-state index in [1.807, 2.05) is 0 Å². The quantitative estimate of drug-likeness (QED) is 0.512. The highest BCUT2D eigenvalue weighted by Gasteiger charge is 2.09. The number of carbonyl (C=O) groups excluding carboxylic acids is 2. The van der Waals surface area contributed by atoms with Crippen LogP contribution in [-0.2, 0) is 14.4 Å². The van der Waals surface area contributed by atoms with E-state index in [9.17, 15) is 14.4 Å². The number of carboxylic acids is 1. The highest BCUT2D eigenvalue weighted by Crippen LogP contribution is 2.02. The topological polar surface area (TPSA) is 83.5 Å². The van der Waals surface area contributed by atoms with Gasteiger partial charge in [0.05, 0.1) is 6.42 Å². The minimum atomic E-state index is -1.16. The minimum Gasteiger partial charge on any atom is -0.478 e. The second-order valence-electron chi connectivity index (χ2n) is 3.13. The number of amides is 1. The molecule has 6 heteroatoms. The lowest BCUT2D eigenvalue weighted by molar-refractivity contribution is -0.134. The molecular formula is C10H15NO4S. The maximum Gasteiger partial charge on any atom is 0.331 e. The summed E-state index contributed by atoms with van der Waals surface area (Å²) < 4.78 is 0. The van der Waals surface area contributed by atoms with Gasteiger partial charge in [0.1, 0.15) is 0 Å². The smallest absolute Gasteiger partial charge is 0.331 e. The Kier molecular flexibility index (Phi) is 7.28. The maximum atomic E-state index is 11.1. The number of hydrogen-bond donors (Lipinski definition) is 2. The molecule has 5 nitrogen and oxygen atoms in total. The molecule has 16 heavy (non-hydrogen) atoms. The number of carboxylic acid groups (broad SMARTS) is 1. The summed E-state index contributed by atoms with van der Waals surface area (Å²) in [7, 11) is 0. The lowest BCUT2D eigenvalue weighted by atomic mass is 10.2. The van der Waals surface area contributed by atoms with Crippen LogP contribution in [0.3, 0.4) is 0 Å². The zero-order chi connectivity index (χ0) is 12.6. The van der Waals surface area contributed by atoms with Crippen LogP contribution in [0.25, 0.3) is 0 Å². The van der Waals surface area contributed by atoms with Crippen molar-refractivity contribution in [1.29, 1.82) is 0 Å². The summed E-state index contributed by atoms with van der Waals surface area (Å²) in [6.07, 6.45) is 0.477. The van der Waals surface area contributed by atoms with Gasteiger partial charge < -0.3 is 10.4 Å². The van der Waals surface area contributed by atoms with Gasteiger partial charge in [-0.15, -0.1) is 0 Å². The monoisotopic (exact) mass is 245 g/mol. The molecule has 0 spiro atoms. The molecule has 2 N–H and O–H groups in total. The molecule has 0 aromatic heterocycles. The Bertz CT molecular complexity index is 301. The van der Waals surface area contributed by atoms with E-state index in [2.05, 4.69) is 11.9 Å². The van der Waals surface area contributed by atoms with Gasteiger partial charge >= 0.3 is 5.97 Å². The fraction of sp³-hybridized carbons (Fsp3) is 0.500. The molecule has 0 radical (unpaired) electrons. The molecular weight excluding hydrogens is 230 g/mol. The molecule has 90 valence electrons. The molecule has 0 aliphatic heterocycles. The van der Waals surface area contributed by atoms with E-state index in [1.54, 1.807) is 0 Å². The zero-order valence-electron chi connectivity index (χ0n) is 9.12. The number of thioether (sulfide) groups is 1. The van der Waals surface area contributed by atoms with E-state index in [4.69, 9.17) is 5.11 Å². The molecule has 0 aliphatic carbocycles. The first-order valence-electron chi connectivity index (χ1n) is 4.74. The summed E-state index contributed by atoms with van der Waals surface area (Å²) in [5, 5.41) is 11.1. The van der Waals surface area contributed by atoms with Crippen LogP contribution in [-0.4, -0.2) is 34.4 Å². The van der Waals surface area contributed by atoms with E-state index >= 15 is 0 Å². The SMILES string of the molecule is C=C(CC(=O)NCCCSC(C)=O)C(=O)O. The predicted molar refractivity (Wildman–Crippen MR) is 62.2 cm³/mol. The average Bonchev–Trinajstić information content (AvgIpc) is 2.16. The number of hydrogen-bond acceptors (Lipinski definition) is 4. The molecule has 0 unspecified atom stereocenters. The van der Waals surface area contributed by atoms with Gasteiger partial charge in [0.15, 0.2) is 5.12 Å². The van der Waals surface area contributed by atoms with Gasteiger partial charge in [0.2, 0.25) is 5.91 Å². The summed E-state index contributed by atoms with van der Waals surface area (Å²) in [5.41, 5.74) is -0.129. The van der Waals surface area contributed by atoms with Crippen LogP contribution < -0.4 is 5.32 Å². The summed E-state index contributed by atoms with van der Waals surface area (Å²) in [6, 6.07) is 0. The Hall–Kier alpha value is -1.30. The third-order valence-corrected chi connectivity index (χ3v) is 2.52. The molecule has 0 atom stereocenters. The lowest BCUT2D eigenvalue weighted by Gasteiger charge is -2.04. The molecule has 0 aromatic carbocycles. The molecule has 0 aromatic rings. The third kappa shape index (κ3) is 8.05. The number of rotatable bonds is 7. The Labute approximate surface area is 98.3 Å². The van der Waals surface area contributed by atoms with E-state index < -0.39 is 5.97 Å². The Morgan fingerprint density at radius 2 is 2.00 bits per heavy atom. The number of aliphatic carboxylic acids is 1. The Morgan fingerprint density at radius 3 is 2.50 bits per heavy atom. The Morgan fingerprint density at radius 1 is 1.38 bits per heavy atom. The van der Waals surface area contributed by atoms with Crippen molar-refractivity contribution >= 4 is 28.8 Å². The van der Waals surface area contributed by atoms with Crippen LogP contribution in [0.15, 0.2) is 12.2 Å². The Balaban J connectivity index is 3.55. The molecule has 0 saturated heterocycles. The predicted octanol–water partition coefficient (Wildman–Crippen LogP) is 0.803. The van der Waals surface area contributed by atoms with Crippen molar-refractivity contribution in [1.82, 2.24) is 5.32 Å². The van der Waals surface area contributed by atoms with Crippen LogP contribution in [0.5, 0.6) is 0 Å². The minimum absolute atomic E-state index is 0.0468. The molecule has 0 rings (SSSR count). The molecule has 0 fully saturated rings. The summed E-state index contributed by atoms with van der Waals surface area (Å²) in [4.78, 5) is 32.1. The van der Waals surface area contributed by atoms with Gasteiger partial charge in [0.25, 0.3) is 0 Å². The van der Waals surface area contributed by atoms with E-state index in [-0.39, 0.29) is 23.0 Å². The molecule has 0 aliphatic rings. The molecule has 0 bridgehead atoms. The third-order valence-electron chi connectivity index (χ3n) is 1.63. The van der Waals surface area contributed by atoms with Gasteiger partial charge in [-0.05, 0) is 6.42 Å². The van der Waals surface area contributed by atoms with Crippen LogP contribution in [0.4, 0.5) is 0 Å². The van der Waals surface area contributed by atoms with Crippen LogP contribution >= 0.6 is 11.8 Å². The average molecular weight is 245 g/mol. The first-order valence-corrected chi connectivity index (χ1v) is 5.73. The maximum absolute atomic E-state index is 11.1.